The summed E-state index contributed by atoms with van der Waals surface area (Å²) in [6.45, 7) is 6.66. The van der Waals surface area contributed by atoms with Crippen molar-refractivity contribution in [3.05, 3.63) is 58.1 Å². The number of epoxide rings is 1. The molecule has 7 nitrogen and oxygen atoms in total. The number of nitro benzene ring substituents is 1. The molecular formula is C19H21NO6S. The van der Waals surface area contributed by atoms with Crippen LogP contribution in [0, 0.1) is 10.1 Å². The van der Waals surface area contributed by atoms with Crippen molar-refractivity contribution < 1.29 is 22.8 Å². The highest BCUT2D eigenvalue weighted by molar-refractivity contribution is 7.91. The Kier molecular flexibility index (Phi) is 4.96. The van der Waals surface area contributed by atoms with Crippen LogP contribution in [-0.2, 0) is 20.0 Å². The van der Waals surface area contributed by atoms with Gasteiger partial charge in [0.25, 0.3) is 5.69 Å². The maximum atomic E-state index is 13.2. The molecule has 3 rings (SSSR count). The highest BCUT2D eigenvalue weighted by Gasteiger charge is 2.28. The van der Waals surface area contributed by atoms with E-state index in [1.165, 1.54) is 18.2 Å². The van der Waals surface area contributed by atoms with Gasteiger partial charge in [0.05, 0.1) is 22.5 Å². The highest BCUT2D eigenvalue weighted by atomic mass is 32.2. The van der Waals surface area contributed by atoms with E-state index in [-0.39, 0.29) is 39.4 Å². The van der Waals surface area contributed by atoms with Gasteiger partial charge in [0.2, 0.25) is 9.84 Å². The fourth-order valence-corrected chi connectivity index (χ4v) is 3.97. The number of sulfone groups is 1. The lowest BCUT2D eigenvalue weighted by molar-refractivity contribution is -0.385. The molecule has 1 aliphatic heterocycles. The zero-order valence-electron chi connectivity index (χ0n) is 15.3. The summed E-state index contributed by atoms with van der Waals surface area (Å²) in [5.41, 5.74) is 0.423. The number of nitrogens with zero attached hydrogens (tertiary/aromatic N) is 1. The molecule has 1 aliphatic rings. The highest BCUT2D eigenvalue weighted by Crippen LogP contribution is 2.34. The van der Waals surface area contributed by atoms with Gasteiger partial charge in [-0.25, -0.2) is 8.42 Å². The largest absolute Gasteiger partial charge is 0.489 e. The number of non-ortho nitro benzene ring substituents is 1. The maximum absolute atomic E-state index is 13.2. The molecule has 1 atom stereocenters. The predicted octanol–water partition coefficient (Wildman–Crippen LogP) is 3.50. The van der Waals surface area contributed by atoms with Crippen LogP contribution in [0.15, 0.2) is 52.3 Å². The van der Waals surface area contributed by atoms with Gasteiger partial charge in [-0.2, -0.15) is 0 Å². The van der Waals surface area contributed by atoms with Gasteiger partial charge >= 0.3 is 0 Å². The lowest BCUT2D eigenvalue weighted by atomic mass is 9.87. The fraction of sp³-hybridized carbons (Fsp3) is 0.368. The molecule has 0 saturated carbocycles. The van der Waals surface area contributed by atoms with Crippen LogP contribution in [0.3, 0.4) is 0 Å². The summed E-state index contributed by atoms with van der Waals surface area (Å²) in [6, 6.07) is 10.2. The first-order valence-corrected chi connectivity index (χ1v) is 9.96. The summed E-state index contributed by atoms with van der Waals surface area (Å²) in [5, 5.41) is 11.1. The van der Waals surface area contributed by atoms with E-state index in [1.807, 2.05) is 26.8 Å². The fourth-order valence-electron chi connectivity index (χ4n) is 2.55. The van der Waals surface area contributed by atoms with Gasteiger partial charge in [0.1, 0.15) is 23.4 Å². The molecule has 2 aromatic rings. The Bertz CT molecular complexity index is 974. The molecule has 0 bridgehead atoms. The van der Waals surface area contributed by atoms with Crippen LogP contribution < -0.4 is 4.74 Å². The van der Waals surface area contributed by atoms with Gasteiger partial charge in [0, 0.05) is 6.07 Å². The summed E-state index contributed by atoms with van der Waals surface area (Å²) in [6.07, 6.45) is -0.107. The van der Waals surface area contributed by atoms with E-state index in [1.54, 1.807) is 12.1 Å². The van der Waals surface area contributed by atoms with Crippen LogP contribution in [-0.4, -0.2) is 32.7 Å². The number of hydrogen-bond acceptors (Lipinski definition) is 6. The van der Waals surface area contributed by atoms with Crippen molar-refractivity contribution in [3.63, 3.8) is 0 Å². The minimum atomic E-state index is -3.91. The standard InChI is InChI=1S/C19H21NO6S/c1-19(2,3)13-5-4-6-16(9-13)27(23,24)18-8-7-14(20(21)22)10-17(18)26-12-15-11-25-15/h4-10,15H,11-12H2,1-3H3. The molecule has 0 N–H and O–H groups in total. The van der Waals surface area contributed by atoms with Crippen molar-refractivity contribution in [2.24, 2.45) is 0 Å². The molecule has 144 valence electrons. The third-order valence-corrected chi connectivity index (χ3v) is 6.06. The topological polar surface area (TPSA) is 99.0 Å². The summed E-state index contributed by atoms with van der Waals surface area (Å²) < 4.78 is 37.0. The van der Waals surface area contributed by atoms with E-state index in [2.05, 4.69) is 0 Å². The molecule has 1 saturated heterocycles. The van der Waals surface area contributed by atoms with Gasteiger partial charge in [-0.05, 0) is 29.2 Å². The summed E-state index contributed by atoms with van der Waals surface area (Å²) in [5.74, 6) is -0.0409. The van der Waals surface area contributed by atoms with E-state index < -0.39 is 14.8 Å². The Hall–Kier alpha value is -2.45. The Labute approximate surface area is 158 Å². The Morgan fingerprint density at radius 1 is 1.22 bits per heavy atom. The van der Waals surface area contributed by atoms with Crippen molar-refractivity contribution in [3.8, 4) is 5.75 Å². The third-order valence-electron chi connectivity index (χ3n) is 4.27. The van der Waals surface area contributed by atoms with E-state index in [4.69, 9.17) is 9.47 Å². The minimum Gasteiger partial charge on any atom is -0.489 e. The van der Waals surface area contributed by atoms with Gasteiger partial charge in [-0.15, -0.1) is 0 Å². The lowest BCUT2D eigenvalue weighted by Crippen LogP contribution is -2.13. The van der Waals surface area contributed by atoms with Gasteiger partial charge < -0.3 is 9.47 Å². The van der Waals surface area contributed by atoms with E-state index in [0.29, 0.717) is 6.61 Å². The van der Waals surface area contributed by atoms with Crippen molar-refractivity contribution in [1.29, 1.82) is 0 Å². The summed E-state index contributed by atoms with van der Waals surface area (Å²) >= 11 is 0. The zero-order chi connectivity index (χ0) is 19.8. The Morgan fingerprint density at radius 3 is 2.52 bits per heavy atom. The van der Waals surface area contributed by atoms with Gasteiger partial charge in [-0.3, -0.25) is 10.1 Å². The normalized spacial score (nSPS) is 16.8. The van der Waals surface area contributed by atoms with Crippen molar-refractivity contribution in [2.75, 3.05) is 13.2 Å². The van der Waals surface area contributed by atoms with Crippen LogP contribution >= 0.6 is 0 Å². The Balaban J connectivity index is 2.06. The van der Waals surface area contributed by atoms with Crippen molar-refractivity contribution in [1.82, 2.24) is 0 Å². The molecule has 1 heterocycles. The first kappa shape index (κ1) is 19.3. The third kappa shape index (κ3) is 4.28. The second-order valence-corrected chi connectivity index (χ2v) is 9.35. The zero-order valence-corrected chi connectivity index (χ0v) is 16.2. The van der Waals surface area contributed by atoms with Crippen molar-refractivity contribution >= 4 is 15.5 Å². The monoisotopic (exact) mass is 391 g/mol. The predicted molar refractivity (Wildman–Crippen MR) is 98.9 cm³/mol. The molecule has 8 heteroatoms. The van der Waals surface area contributed by atoms with Gasteiger partial charge in [-0.1, -0.05) is 32.9 Å². The van der Waals surface area contributed by atoms with E-state index in [9.17, 15) is 18.5 Å². The molecule has 1 unspecified atom stereocenters. The minimum absolute atomic E-state index is 0.0409. The number of nitro groups is 1. The average molecular weight is 391 g/mol. The van der Waals surface area contributed by atoms with E-state index in [0.717, 1.165) is 11.6 Å². The molecule has 2 aromatic carbocycles. The second-order valence-electron chi connectivity index (χ2n) is 7.44. The van der Waals surface area contributed by atoms with E-state index >= 15 is 0 Å². The average Bonchev–Trinajstić information content (AvgIpc) is 3.43. The second kappa shape index (κ2) is 6.94. The molecule has 0 amide bonds. The van der Waals surface area contributed by atoms with Gasteiger partial charge in [0.15, 0.2) is 0 Å². The van der Waals surface area contributed by atoms with Crippen LogP contribution in [0.5, 0.6) is 5.75 Å². The quantitative estimate of drug-likeness (QED) is 0.424. The number of ether oxygens (including phenoxy) is 2. The lowest BCUT2D eigenvalue weighted by Gasteiger charge is -2.20. The summed E-state index contributed by atoms with van der Waals surface area (Å²) in [4.78, 5) is 10.5. The first-order chi connectivity index (χ1) is 12.6. The number of rotatable bonds is 6. The number of benzene rings is 2. The van der Waals surface area contributed by atoms with Crippen LogP contribution in [0.4, 0.5) is 5.69 Å². The Morgan fingerprint density at radius 2 is 1.93 bits per heavy atom. The molecule has 0 spiro atoms. The van der Waals surface area contributed by atoms with Crippen LogP contribution in [0.2, 0.25) is 0 Å². The van der Waals surface area contributed by atoms with Crippen molar-refractivity contribution in [2.45, 2.75) is 42.1 Å². The van der Waals surface area contributed by atoms with Crippen LogP contribution in [0.25, 0.3) is 0 Å². The molecule has 0 aromatic heterocycles. The first-order valence-electron chi connectivity index (χ1n) is 8.47. The number of hydrogen-bond donors (Lipinski definition) is 0. The summed E-state index contributed by atoms with van der Waals surface area (Å²) in [7, 11) is -3.91. The molecule has 27 heavy (non-hydrogen) atoms. The smallest absolute Gasteiger partial charge is 0.273 e. The SMILES string of the molecule is CC(C)(C)c1cccc(S(=O)(=O)c2ccc([N+](=O)[O-])cc2OCC2CO2)c1. The van der Waals surface area contributed by atoms with Crippen LogP contribution in [0.1, 0.15) is 26.3 Å². The molecule has 1 fully saturated rings. The molecule has 0 aliphatic carbocycles. The maximum Gasteiger partial charge on any atom is 0.273 e. The molecular weight excluding hydrogens is 370 g/mol. The molecule has 0 radical (unpaired) electrons.